The average Bonchev–Trinajstić information content (AvgIpc) is 3.93. The van der Waals surface area contributed by atoms with Crippen LogP contribution in [0.25, 0.3) is 0 Å². The predicted octanol–water partition coefficient (Wildman–Crippen LogP) is 3.63. The molecule has 0 bridgehead atoms. The summed E-state index contributed by atoms with van der Waals surface area (Å²) in [6.07, 6.45) is 9.94. The number of anilines is 2. The molecule has 5 amide bonds. The van der Waals surface area contributed by atoms with Crippen molar-refractivity contribution in [2.45, 2.75) is 49.5 Å². The number of terminal acetylenes is 1. The van der Waals surface area contributed by atoms with Crippen LogP contribution in [0, 0.1) is 18.2 Å². The average molecular weight is 729 g/mol. The van der Waals surface area contributed by atoms with Crippen LogP contribution < -0.4 is 29.3 Å². The Labute approximate surface area is 298 Å². The molecule has 1 fully saturated rings. The SMILES string of the molecule is C#CCN1C(=O)COc2cc(F)c(N3C(=O)C4=C(CCCC4)C3=O)cc21.COc1ccccc1C(=O)NS(=O)(=O)c1ccc(C(=O)NC2CC2)cc1. The van der Waals surface area contributed by atoms with Crippen molar-refractivity contribution in [3.8, 4) is 23.8 Å². The van der Waals surface area contributed by atoms with E-state index in [0.717, 1.165) is 36.6 Å². The molecule has 0 radical (unpaired) electrons. The molecule has 7 rings (SSSR count). The molecule has 2 N–H and O–H groups in total. The first-order valence-corrected chi connectivity index (χ1v) is 17.8. The minimum Gasteiger partial charge on any atom is -0.496 e. The highest BCUT2D eigenvalue weighted by Gasteiger charge is 2.41. The molecule has 2 aliphatic carbocycles. The van der Waals surface area contributed by atoms with Gasteiger partial charge < -0.3 is 14.8 Å². The Morgan fingerprint density at radius 1 is 0.962 bits per heavy atom. The Morgan fingerprint density at radius 3 is 2.23 bits per heavy atom. The molecule has 0 unspecified atom stereocenters. The van der Waals surface area contributed by atoms with Crippen molar-refractivity contribution in [2.24, 2.45) is 0 Å². The zero-order valence-corrected chi connectivity index (χ0v) is 28.8. The first-order chi connectivity index (χ1) is 24.9. The second kappa shape index (κ2) is 14.7. The van der Waals surface area contributed by atoms with Crippen LogP contribution in [0.2, 0.25) is 0 Å². The Kier molecular flexibility index (Phi) is 10.1. The monoisotopic (exact) mass is 728 g/mol. The smallest absolute Gasteiger partial charge is 0.268 e. The highest BCUT2D eigenvalue weighted by atomic mass is 32.2. The number of para-hydroxylation sites is 1. The van der Waals surface area contributed by atoms with Gasteiger partial charge in [0.15, 0.2) is 12.4 Å². The molecule has 4 aliphatic rings. The molecule has 2 heterocycles. The molecular weight excluding hydrogens is 695 g/mol. The van der Waals surface area contributed by atoms with Crippen LogP contribution in [0.5, 0.6) is 11.5 Å². The lowest BCUT2D eigenvalue weighted by Gasteiger charge is -2.29. The molecule has 2 aliphatic heterocycles. The maximum atomic E-state index is 14.7. The summed E-state index contributed by atoms with van der Waals surface area (Å²) in [5, 5.41) is 2.82. The van der Waals surface area contributed by atoms with E-state index in [-0.39, 0.29) is 64.3 Å². The van der Waals surface area contributed by atoms with Crippen molar-refractivity contribution in [3.05, 3.63) is 88.8 Å². The molecule has 52 heavy (non-hydrogen) atoms. The summed E-state index contributed by atoms with van der Waals surface area (Å²) in [6.45, 7) is -0.262. The van der Waals surface area contributed by atoms with Gasteiger partial charge in [-0.15, -0.1) is 6.42 Å². The van der Waals surface area contributed by atoms with E-state index < -0.39 is 33.6 Å². The molecule has 0 aromatic heterocycles. The normalized spacial score (nSPS) is 16.5. The van der Waals surface area contributed by atoms with Crippen molar-refractivity contribution in [1.82, 2.24) is 10.0 Å². The quantitative estimate of drug-likeness (QED) is 0.260. The van der Waals surface area contributed by atoms with Crippen molar-refractivity contribution < 1.29 is 46.3 Å². The van der Waals surface area contributed by atoms with E-state index in [1.54, 1.807) is 18.2 Å². The van der Waals surface area contributed by atoms with Gasteiger partial charge in [0.1, 0.15) is 11.5 Å². The third-order valence-electron chi connectivity index (χ3n) is 8.77. The highest BCUT2D eigenvalue weighted by molar-refractivity contribution is 7.90. The maximum absolute atomic E-state index is 14.7. The number of halogens is 1. The molecular formula is C37H33FN4O9S. The number of nitrogens with zero attached hydrogens (tertiary/aromatic N) is 2. The molecule has 3 aromatic rings. The third kappa shape index (κ3) is 7.24. The fourth-order valence-corrected chi connectivity index (χ4v) is 6.92. The summed E-state index contributed by atoms with van der Waals surface area (Å²) in [5.41, 5.74) is 1.47. The summed E-state index contributed by atoms with van der Waals surface area (Å²) >= 11 is 0. The highest BCUT2D eigenvalue weighted by Crippen LogP contribution is 2.41. The van der Waals surface area contributed by atoms with Gasteiger partial charge in [-0.25, -0.2) is 22.4 Å². The molecule has 15 heteroatoms. The van der Waals surface area contributed by atoms with Crippen LogP contribution in [0.3, 0.4) is 0 Å². The summed E-state index contributed by atoms with van der Waals surface area (Å²) in [4.78, 5) is 63.7. The van der Waals surface area contributed by atoms with Gasteiger partial charge in [0.05, 0.1) is 35.5 Å². The van der Waals surface area contributed by atoms with Crippen LogP contribution in [-0.2, 0) is 24.4 Å². The lowest BCUT2D eigenvalue weighted by atomic mass is 9.93. The lowest BCUT2D eigenvalue weighted by molar-refractivity contribution is -0.121. The number of methoxy groups -OCH3 is 1. The van der Waals surface area contributed by atoms with E-state index in [1.807, 2.05) is 4.72 Å². The van der Waals surface area contributed by atoms with Gasteiger partial charge in [0, 0.05) is 28.8 Å². The van der Waals surface area contributed by atoms with Crippen molar-refractivity contribution in [3.63, 3.8) is 0 Å². The van der Waals surface area contributed by atoms with Gasteiger partial charge in [-0.05, 0) is 81.0 Å². The number of nitrogens with one attached hydrogen (secondary N) is 2. The summed E-state index contributed by atoms with van der Waals surface area (Å²) in [6, 6.07) is 14.3. The second-order valence-corrected chi connectivity index (χ2v) is 13.9. The van der Waals surface area contributed by atoms with Gasteiger partial charge in [0.25, 0.3) is 39.6 Å². The number of carbonyl (C=O) groups is 5. The first kappa shape index (κ1) is 35.8. The Balaban J connectivity index is 0.000000179. The van der Waals surface area contributed by atoms with Crippen molar-refractivity contribution >= 4 is 50.9 Å². The maximum Gasteiger partial charge on any atom is 0.268 e. The van der Waals surface area contributed by atoms with Gasteiger partial charge in [0.2, 0.25) is 0 Å². The van der Waals surface area contributed by atoms with Gasteiger partial charge >= 0.3 is 0 Å². The van der Waals surface area contributed by atoms with Gasteiger partial charge in [-0.3, -0.25) is 28.9 Å². The number of rotatable bonds is 8. The fraction of sp³-hybridized carbons (Fsp3) is 0.270. The van der Waals surface area contributed by atoms with Gasteiger partial charge in [-0.2, -0.15) is 0 Å². The number of benzene rings is 3. The number of hydrogen-bond donors (Lipinski definition) is 2. The Bertz CT molecular complexity index is 2150. The second-order valence-electron chi connectivity index (χ2n) is 12.3. The molecule has 0 spiro atoms. The van der Waals surface area contributed by atoms with Crippen molar-refractivity contribution in [1.29, 1.82) is 0 Å². The van der Waals surface area contributed by atoms with E-state index in [9.17, 15) is 36.8 Å². The largest absolute Gasteiger partial charge is 0.496 e. The zero-order chi connectivity index (χ0) is 37.2. The van der Waals surface area contributed by atoms with Crippen LogP contribution >= 0.6 is 0 Å². The molecule has 0 atom stereocenters. The lowest BCUT2D eigenvalue weighted by Crippen LogP contribution is -2.39. The molecule has 13 nitrogen and oxygen atoms in total. The van der Waals surface area contributed by atoms with Crippen LogP contribution in [-0.4, -0.2) is 64.3 Å². The van der Waals surface area contributed by atoms with Crippen LogP contribution in [0.4, 0.5) is 15.8 Å². The first-order valence-electron chi connectivity index (χ1n) is 16.4. The molecule has 0 saturated heterocycles. The number of fused-ring (bicyclic) bond motifs is 1. The number of amides is 5. The minimum absolute atomic E-state index is 0.0170. The molecule has 1 saturated carbocycles. The fourth-order valence-electron chi connectivity index (χ4n) is 5.96. The van der Waals surface area contributed by atoms with E-state index in [2.05, 4.69) is 11.2 Å². The summed E-state index contributed by atoms with van der Waals surface area (Å²) in [5.74, 6) is -0.358. The van der Waals surface area contributed by atoms with E-state index in [0.29, 0.717) is 29.6 Å². The summed E-state index contributed by atoms with van der Waals surface area (Å²) < 4.78 is 51.8. The number of imide groups is 1. The zero-order valence-electron chi connectivity index (χ0n) is 27.9. The predicted molar refractivity (Wildman–Crippen MR) is 186 cm³/mol. The van der Waals surface area contributed by atoms with Crippen LogP contribution in [0.1, 0.15) is 59.2 Å². The summed E-state index contributed by atoms with van der Waals surface area (Å²) in [7, 11) is -2.68. The van der Waals surface area contributed by atoms with Gasteiger partial charge in [-0.1, -0.05) is 18.1 Å². The number of carbonyl (C=O) groups excluding carboxylic acids is 5. The third-order valence-corrected chi connectivity index (χ3v) is 10.1. The van der Waals surface area contributed by atoms with Crippen molar-refractivity contribution in [2.75, 3.05) is 30.1 Å². The number of ether oxygens (including phenoxy) is 2. The molecule has 268 valence electrons. The Hall–Kier alpha value is -6.01. The Morgan fingerprint density at radius 2 is 1.62 bits per heavy atom. The van der Waals surface area contributed by atoms with E-state index in [1.165, 1.54) is 48.4 Å². The van der Waals surface area contributed by atoms with E-state index >= 15 is 0 Å². The van der Waals surface area contributed by atoms with E-state index in [4.69, 9.17) is 15.9 Å². The van der Waals surface area contributed by atoms with Crippen LogP contribution in [0.15, 0.2) is 76.7 Å². The minimum atomic E-state index is -4.07. The number of hydrogen-bond acceptors (Lipinski definition) is 9. The number of sulfonamides is 1. The topological polar surface area (TPSA) is 168 Å². The molecule has 3 aromatic carbocycles. The standard InChI is InChI=1S/C19H15FN2O4.C18H18N2O5S/c1-2-7-21-15-9-14(13(20)8-16(15)26-10-17(21)23)22-18(24)11-5-3-4-6-12(11)19(22)25;1-25-16-5-3-2-4-15(16)18(22)20-26(23,24)14-10-6-12(7-11-14)17(21)19-13-8-9-13/h1,8-9H,3-7,10H2;2-7,10-11,13H,8-9H2,1H3,(H,19,21)(H,20,22).